The normalized spacial score (nSPS) is 12.0. The summed E-state index contributed by atoms with van der Waals surface area (Å²) in [4.78, 5) is 4.96. The van der Waals surface area contributed by atoms with Gasteiger partial charge in [-0.05, 0) is 33.7 Å². The van der Waals surface area contributed by atoms with E-state index < -0.39 is 0 Å². The summed E-state index contributed by atoms with van der Waals surface area (Å²) in [6.07, 6.45) is 2.10. The lowest BCUT2D eigenvalue weighted by molar-refractivity contribution is 1.23. The van der Waals surface area contributed by atoms with Crippen LogP contribution in [0.5, 0.6) is 0 Å². The lowest BCUT2D eigenvalue weighted by Crippen LogP contribution is -1.86. The van der Waals surface area contributed by atoms with Crippen LogP contribution in [-0.4, -0.2) is 9.38 Å². The summed E-state index contributed by atoms with van der Waals surface area (Å²) in [5, 5.41) is 7.60. The summed E-state index contributed by atoms with van der Waals surface area (Å²) < 4.78 is 2.20. The molecule has 116 valence electrons. The van der Waals surface area contributed by atoms with Crippen LogP contribution in [0, 0.1) is 0 Å². The van der Waals surface area contributed by atoms with E-state index in [0.717, 1.165) is 11.2 Å². The first kappa shape index (κ1) is 13.0. The standard InChI is InChI=1S/C23H14N2/c1-2-8-16-15(7-1)12-13-19-21(16)17-9-3-4-10-18(17)23-22(19)24-20-11-5-6-14-25(20)23/h1-14H. The number of hydrogen-bond donors (Lipinski definition) is 0. The van der Waals surface area contributed by atoms with Crippen molar-refractivity contribution in [3.63, 3.8) is 0 Å². The van der Waals surface area contributed by atoms with Gasteiger partial charge in [0.2, 0.25) is 0 Å². The molecular formula is C23H14N2. The number of imidazole rings is 1. The van der Waals surface area contributed by atoms with Crippen LogP contribution >= 0.6 is 0 Å². The van der Waals surface area contributed by atoms with E-state index in [1.807, 2.05) is 6.07 Å². The molecule has 0 bridgehead atoms. The van der Waals surface area contributed by atoms with E-state index in [-0.39, 0.29) is 0 Å². The average molecular weight is 318 g/mol. The van der Waals surface area contributed by atoms with E-state index in [1.54, 1.807) is 0 Å². The number of rotatable bonds is 0. The molecule has 2 aromatic heterocycles. The average Bonchev–Trinajstić information content (AvgIpc) is 3.07. The molecule has 0 radical (unpaired) electrons. The Kier molecular flexibility index (Phi) is 2.37. The molecule has 0 saturated heterocycles. The van der Waals surface area contributed by atoms with Crippen LogP contribution in [0.4, 0.5) is 0 Å². The molecule has 0 atom stereocenters. The summed E-state index contributed by atoms with van der Waals surface area (Å²) in [7, 11) is 0. The maximum atomic E-state index is 4.96. The Morgan fingerprint density at radius 3 is 2.28 bits per heavy atom. The third-order valence-corrected chi connectivity index (χ3v) is 5.17. The van der Waals surface area contributed by atoms with Crippen LogP contribution in [0.25, 0.3) is 49.0 Å². The second-order valence-corrected chi connectivity index (χ2v) is 6.49. The molecule has 0 unspecified atom stereocenters. The lowest BCUT2D eigenvalue weighted by atomic mass is 9.95. The van der Waals surface area contributed by atoms with E-state index in [0.29, 0.717) is 0 Å². The third kappa shape index (κ3) is 1.61. The van der Waals surface area contributed by atoms with Crippen molar-refractivity contribution in [3.05, 3.63) is 85.1 Å². The Morgan fingerprint density at radius 2 is 1.36 bits per heavy atom. The number of nitrogens with zero attached hydrogens (tertiary/aromatic N) is 2. The Balaban J connectivity index is 2.06. The van der Waals surface area contributed by atoms with Gasteiger partial charge in [0.05, 0.1) is 11.0 Å². The first-order valence-corrected chi connectivity index (χ1v) is 8.51. The van der Waals surface area contributed by atoms with Crippen LogP contribution in [0.3, 0.4) is 0 Å². The Labute approximate surface area is 143 Å². The quantitative estimate of drug-likeness (QED) is 0.316. The fourth-order valence-electron chi connectivity index (χ4n) is 4.11. The lowest BCUT2D eigenvalue weighted by Gasteiger charge is -2.10. The minimum Gasteiger partial charge on any atom is -0.299 e. The zero-order valence-corrected chi connectivity index (χ0v) is 13.5. The number of pyridine rings is 1. The third-order valence-electron chi connectivity index (χ3n) is 5.17. The number of hydrogen-bond acceptors (Lipinski definition) is 1. The molecular weight excluding hydrogens is 304 g/mol. The van der Waals surface area contributed by atoms with Crippen molar-refractivity contribution >= 4 is 49.0 Å². The molecule has 0 N–H and O–H groups in total. The highest BCUT2D eigenvalue weighted by Gasteiger charge is 2.15. The van der Waals surface area contributed by atoms with Crippen LogP contribution in [0.2, 0.25) is 0 Å². The highest BCUT2D eigenvalue weighted by Crippen LogP contribution is 2.38. The topological polar surface area (TPSA) is 17.3 Å². The Morgan fingerprint density at radius 1 is 0.600 bits per heavy atom. The van der Waals surface area contributed by atoms with E-state index in [4.69, 9.17) is 4.98 Å². The number of fused-ring (bicyclic) bond motifs is 10. The molecule has 25 heavy (non-hydrogen) atoms. The molecule has 0 aliphatic carbocycles. The molecule has 0 amide bonds. The van der Waals surface area contributed by atoms with E-state index >= 15 is 0 Å². The summed E-state index contributed by atoms with van der Waals surface area (Å²) in [6.45, 7) is 0. The smallest absolute Gasteiger partial charge is 0.137 e. The van der Waals surface area contributed by atoms with E-state index in [9.17, 15) is 0 Å². The Bertz CT molecular complexity index is 1440. The van der Waals surface area contributed by atoms with Crippen molar-refractivity contribution in [1.29, 1.82) is 0 Å². The molecule has 0 spiro atoms. The molecule has 0 saturated carbocycles. The van der Waals surface area contributed by atoms with Crippen molar-refractivity contribution in [2.45, 2.75) is 0 Å². The van der Waals surface area contributed by atoms with Gasteiger partial charge >= 0.3 is 0 Å². The molecule has 0 fully saturated rings. The predicted octanol–water partition coefficient (Wildman–Crippen LogP) is 5.95. The van der Waals surface area contributed by atoms with E-state index in [2.05, 4.69) is 83.4 Å². The first-order chi connectivity index (χ1) is 12.4. The fraction of sp³-hybridized carbons (Fsp3) is 0. The second-order valence-electron chi connectivity index (χ2n) is 6.49. The second kappa shape index (κ2) is 4.58. The van der Waals surface area contributed by atoms with Gasteiger partial charge in [0.15, 0.2) is 0 Å². The molecule has 6 rings (SSSR count). The largest absolute Gasteiger partial charge is 0.299 e. The van der Waals surface area contributed by atoms with Gasteiger partial charge in [0, 0.05) is 17.0 Å². The fourth-order valence-corrected chi connectivity index (χ4v) is 4.11. The van der Waals surface area contributed by atoms with Crippen molar-refractivity contribution in [1.82, 2.24) is 9.38 Å². The Hall–Kier alpha value is -3.39. The number of benzene rings is 4. The summed E-state index contributed by atoms with van der Waals surface area (Å²) in [6, 6.07) is 27.9. The zero-order valence-electron chi connectivity index (χ0n) is 13.5. The minimum atomic E-state index is 0.989. The molecule has 2 nitrogen and oxygen atoms in total. The van der Waals surface area contributed by atoms with Gasteiger partial charge in [-0.3, -0.25) is 4.40 Å². The van der Waals surface area contributed by atoms with Gasteiger partial charge in [-0.15, -0.1) is 0 Å². The molecule has 0 aliphatic rings. The zero-order chi connectivity index (χ0) is 16.4. The molecule has 4 aromatic carbocycles. The highest BCUT2D eigenvalue weighted by molar-refractivity contribution is 6.30. The van der Waals surface area contributed by atoms with Crippen LogP contribution in [0.1, 0.15) is 0 Å². The number of aromatic nitrogens is 2. The van der Waals surface area contributed by atoms with Crippen LogP contribution in [-0.2, 0) is 0 Å². The van der Waals surface area contributed by atoms with Crippen molar-refractivity contribution in [2.75, 3.05) is 0 Å². The van der Waals surface area contributed by atoms with Crippen molar-refractivity contribution in [2.24, 2.45) is 0 Å². The molecule has 0 aliphatic heterocycles. The van der Waals surface area contributed by atoms with E-state index in [1.165, 1.54) is 37.8 Å². The van der Waals surface area contributed by atoms with Gasteiger partial charge < -0.3 is 0 Å². The maximum absolute atomic E-state index is 4.96. The van der Waals surface area contributed by atoms with Gasteiger partial charge in [0.1, 0.15) is 5.65 Å². The highest BCUT2D eigenvalue weighted by atomic mass is 15.0. The molecule has 2 heterocycles. The SMILES string of the molecule is c1ccc2c(c1)ccc1c3nc4ccccn4c3c3ccccc3c21. The maximum Gasteiger partial charge on any atom is 0.137 e. The monoisotopic (exact) mass is 318 g/mol. The van der Waals surface area contributed by atoms with Crippen LogP contribution in [0.15, 0.2) is 85.1 Å². The predicted molar refractivity (Wildman–Crippen MR) is 105 cm³/mol. The van der Waals surface area contributed by atoms with Gasteiger partial charge in [0.25, 0.3) is 0 Å². The molecule has 6 aromatic rings. The van der Waals surface area contributed by atoms with Crippen molar-refractivity contribution in [3.8, 4) is 0 Å². The summed E-state index contributed by atoms with van der Waals surface area (Å²) in [5.41, 5.74) is 3.25. The first-order valence-electron chi connectivity index (χ1n) is 8.51. The van der Waals surface area contributed by atoms with Gasteiger partial charge in [-0.25, -0.2) is 4.98 Å². The van der Waals surface area contributed by atoms with Gasteiger partial charge in [-0.1, -0.05) is 66.7 Å². The van der Waals surface area contributed by atoms with Crippen LogP contribution < -0.4 is 0 Å². The summed E-state index contributed by atoms with van der Waals surface area (Å²) in [5.74, 6) is 0. The van der Waals surface area contributed by atoms with Crippen molar-refractivity contribution < 1.29 is 0 Å². The molecule has 2 heteroatoms. The summed E-state index contributed by atoms with van der Waals surface area (Å²) >= 11 is 0. The minimum absolute atomic E-state index is 0.989. The van der Waals surface area contributed by atoms with Gasteiger partial charge in [-0.2, -0.15) is 0 Å².